The van der Waals surface area contributed by atoms with Crippen LogP contribution in [0.1, 0.15) is 30.8 Å². The largest absolute Gasteiger partial charge is 0.384 e. The van der Waals surface area contributed by atoms with Gasteiger partial charge in [-0.25, -0.2) is 9.67 Å². The second-order valence-corrected chi connectivity index (χ2v) is 4.03. The van der Waals surface area contributed by atoms with Gasteiger partial charge in [-0.15, -0.1) is 0 Å². The molecule has 0 saturated carbocycles. The lowest BCUT2D eigenvalue weighted by Gasteiger charge is -2.09. The van der Waals surface area contributed by atoms with Gasteiger partial charge in [-0.05, 0) is 31.0 Å². The van der Waals surface area contributed by atoms with E-state index < -0.39 is 0 Å². The Morgan fingerprint density at radius 3 is 2.78 bits per heavy atom. The fourth-order valence-electron chi connectivity index (χ4n) is 1.86. The minimum absolute atomic E-state index is 0.00806. The molecule has 0 fully saturated rings. The number of hydrogen-bond acceptors (Lipinski definition) is 3. The Morgan fingerprint density at radius 1 is 1.39 bits per heavy atom. The van der Waals surface area contributed by atoms with Crippen molar-refractivity contribution in [3.8, 4) is 5.82 Å². The van der Waals surface area contributed by atoms with Gasteiger partial charge in [0.25, 0.3) is 0 Å². The van der Waals surface area contributed by atoms with Crippen molar-refractivity contribution < 1.29 is 0 Å². The molecule has 0 aliphatic carbocycles. The van der Waals surface area contributed by atoms with Gasteiger partial charge in [0.1, 0.15) is 5.84 Å². The molecule has 3 N–H and O–H groups in total. The molecule has 2 heterocycles. The van der Waals surface area contributed by atoms with Crippen molar-refractivity contribution in [2.45, 2.75) is 26.7 Å². The number of rotatable bonds is 4. The van der Waals surface area contributed by atoms with Crippen molar-refractivity contribution >= 4 is 5.84 Å². The average molecular weight is 243 g/mol. The van der Waals surface area contributed by atoms with E-state index in [0.29, 0.717) is 11.4 Å². The zero-order chi connectivity index (χ0) is 13.1. The van der Waals surface area contributed by atoms with E-state index in [1.807, 2.05) is 0 Å². The van der Waals surface area contributed by atoms with Gasteiger partial charge < -0.3 is 5.73 Å². The van der Waals surface area contributed by atoms with E-state index >= 15 is 0 Å². The lowest BCUT2D eigenvalue weighted by Crippen LogP contribution is -2.17. The molecule has 18 heavy (non-hydrogen) atoms. The highest BCUT2D eigenvalue weighted by atomic mass is 15.3. The summed E-state index contributed by atoms with van der Waals surface area (Å²) in [4.78, 5) is 4.31. The van der Waals surface area contributed by atoms with Gasteiger partial charge >= 0.3 is 0 Å². The first-order chi connectivity index (χ1) is 8.67. The highest BCUT2D eigenvalue weighted by Gasteiger charge is 2.13. The second kappa shape index (κ2) is 5.00. The summed E-state index contributed by atoms with van der Waals surface area (Å²) in [7, 11) is 0. The van der Waals surface area contributed by atoms with Crippen molar-refractivity contribution in [2.75, 3.05) is 0 Å². The molecule has 0 bridgehead atoms. The summed E-state index contributed by atoms with van der Waals surface area (Å²) in [6, 6.07) is 5.63. The van der Waals surface area contributed by atoms with Crippen LogP contribution in [0, 0.1) is 5.41 Å². The summed E-state index contributed by atoms with van der Waals surface area (Å²) < 4.78 is 1.79. The molecule has 5 heteroatoms. The fraction of sp³-hybridized carbons (Fsp3) is 0.308. The van der Waals surface area contributed by atoms with Gasteiger partial charge in [-0.3, -0.25) is 5.41 Å². The molecule has 0 amide bonds. The molecule has 0 aromatic carbocycles. The molecule has 5 nitrogen and oxygen atoms in total. The van der Waals surface area contributed by atoms with E-state index in [4.69, 9.17) is 11.1 Å². The summed E-state index contributed by atoms with van der Waals surface area (Å²) in [6.07, 6.45) is 3.43. The maximum atomic E-state index is 7.60. The maximum Gasteiger partial charge on any atom is 0.164 e. The van der Waals surface area contributed by atoms with Crippen LogP contribution >= 0.6 is 0 Å². The first-order valence-electron chi connectivity index (χ1n) is 6.05. The van der Waals surface area contributed by atoms with E-state index in [1.54, 1.807) is 23.0 Å². The number of pyridine rings is 1. The third-order valence-corrected chi connectivity index (χ3v) is 2.84. The molecule has 0 unspecified atom stereocenters. The zero-order valence-corrected chi connectivity index (χ0v) is 10.6. The summed E-state index contributed by atoms with van der Waals surface area (Å²) in [6.45, 7) is 4.14. The first-order valence-corrected chi connectivity index (χ1v) is 6.05. The summed E-state index contributed by atoms with van der Waals surface area (Å²) in [5.74, 6) is 0.634. The minimum Gasteiger partial charge on any atom is -0.384 e. The molecule has 94 valence electrons. The molecule has 0 saturated heterocycles. The van der Waals surface area contributed by atoms with Gasteiger partial charge in [0.05, 0.1) is 11.3 Å². The molecular formula is C13H17N5. The molecule has 0 aliphatic heterocycles. The van der Waals surface area contributed by atoms with E-state index in [-0.39, 0.29) is 5.84 Å². The number of nitrogen functional groups attached to an aromatic ring is 1. The number of aryl methyl sites for hydroxylation is 2. The zero-order valence-electron chi connectivity index (χ0n) is 10.6. The third-order valence-electron chi connectivity index (χ3n) is 2.84. The van der Waals surface area contributed by atoms with Gasteiger partial charge in [-0.2, -0.15) is 5.10 Å². The van der Waals surface area contributed by atoms with Crippen LogP contribution in [0.5, 0.6) is 0 Å². The standard InChI is InChI=1S/C13H17N5/c1-3-9-8-10(4-2)18(17-9)13-11(12(14)15)6-5-7-16-13/h5-8H,3-4H2,1-2H3,(H3,14,15). The molecule has 0 atom stereocenters. The fourth-order valence-corrected chi connectivity index (χ4v) is 1.86. The molecule has 0 aliphatic rings. The number of aromatic nitrogens is 3. The smallest absolute Gasteiger partial charge is 0.164 e. The molecule has 2 rings (SSSR count). The van der Waals surface area contributed by atoms with Crippen LogP contribution in [0.15, 0.2) is 24.4 Å². The van der Waals surface area contributed by atoms with Gasteiger partial charge in [0.2, 0.25) is 0 Å². The maximum absolute atomic E-state index is 7.60. The minimum atomic E-state index is 0.00806. The Balaban J connectivity index is 2.61. The number of nitrogens with two attached hydrogens (primary N) is 1. The highest BCUT2D eigenvalue weighted by Crippen LogP contribution is 2.15. The molecule has 0 spiro atoms. The van der Waals surface area contributed by atoms with Crippen molar-refractivity contribution in [3.63, 3.8) is 0 Å². The van der Waals surface area contributed by atoms with Crippen molar-refractivity contribution in [1.82, 2.24) is 14.8 Å². The Bertz CT molecular complexity index is 571. The Hall–Kier alpha value is -2.17. The van der Waals surface area contributed by atoms with Crippen LogP contribution in [0.2, 0.25) is 0 Å². The molecular weight excluding hydrogens is 226 g/mol. The summed E-state index contributed by atoms with van der Waals surface area (Å²) in [5.41, 5.74) is 8.29. The normalized spacial score (nSPS) is 10.6. The van der Waals surface area contributed by atoms with Crippen LogP contribution in [0.4, 0.5) is 0 Å². The van der Waals surface area contributed by atoms with Crippen LogP contribution in [0.25, 0.3) is 5.82 Å². The predicted molar refractivity (Wildman–Crippen MR) is 71.1 cm³/mol. The molecule has 2 aromatic rings. The quantitative estimate of drug-likeness (QED) is 0.633. The van der Waals surface area contributed by atoms with Gasteiger partial charge in [0, 0.05) is 11.9 Å². The number of nitrogens with zero attached hydrogens (tertiary/aromatic N) is 3. The van der Waals surface area contributed by atoms with Crippen LogP contribution in [0.3, 0.4) is 0 Å². The van der Waals surface area contributed by atoms with E-state index in [1.165, 1.54) is 0 Å². The number of hydrogen-bond donors (Lipinski definition) is 2. The summed E-state index contributed by atoms with van der Waals surface area (Å²) in [5, 5.41) is 12.1. The van der Waals surface area contributed by atoms with Crippen molar-refractivity contribution in [2.24, 2.45) is 5.73 Å². The third kappa shape index (κ3) is 2.11. The van der Waals surface area contributed by atoms with Crippen molar-refractivity contribution in [3.05, 3.63) is 41.3 Å². The van der Waals surface area contributed by atoms with Crippen LogP contribution < -0.4 is 5.73 Å². The van der Waals surface area contributed by atoms with Gasteiger partial charge in [0.15, 0.2) is 5.82 Å². The molecule has 2 aromatic heterocycles. The first kappa shape index (κ1) is 12.3. The van der Waals surface area contributed by atoms with Crippen LogP contribution in [-0.4, -0.2) is 20.6 Å². The summed E-state index contributed by atoms with van der Waals surface area (Å²) >= 11 is 0. The average Bonchev–Trinajstić information content (AvgIpc) is 2.81. The number of nitrogens with one attached hydrogen (secondary N) is 1. The van der Waals surface area contributed by atoms with E-state index in [2.05, 4.69) is 30.0 Å². The van der Waals surface area contributed by atoms with E-state index in [9.17, 15) is 0 Å². The number of amidine groups is 1. The lowest BCUT2D eigenvalue weighted by atomic mass is 10.2. The highest BCUT2D eigenvalue weighted by molar-refractivity contribution is 5.97. The SMILES string of the molecule is CCc1cc(CC)n(-c2ncccc2C(=N)N)n1. The topological polar surface area (TPSA) is 80.6 Å². The lowest BCUT2D eigenvalue weighted by molar-refractivity contribution is 0.770. The second-order valence-electron chi connectivity index (χ2n) is 4.03. The van der Waals surface area contributed by atoms with E-state index in [0.717, 1.165) is 24.2 Å². The van der Waals surface area contributed by atoms with Gasteiger partial charge in [-0.1, -0.05) is 13.8 Å². The Labute approximate surface area is 106 Å². The Kier molecular flexibility index (Phi) is 3.41. The predicted octanol–water partition coefficient (Wildman–Crippen LogP) is 1.68. The molecule has 0 radical (unpaired) electrons. The van der Waals surface area contributed by atoms with Crippen LogP contribution in [-0.2, 0) is 12.8 Å². The Morgan fingerprint density at radius 2 is 2.17 bits per heavy atom. The van der Waals surface area contributed by atoms with Crippen molar-refractivity contribution in [1.29, 1.82) is 5.41 Å². The monoisotopic (exact) mass is 243 g/mol.